The standard InChI is InChI=1S/C15H15ClF2N4O/c1-21(10-4-5-13(16)19-7-10)14(23)8-22-12(9-2-3-9)6-11(20-22)15(17)18/h4-7,9,15H,2-3,8H2,1H3. The quantitative estimate of drug-likeness (QED) is 0.784. The molecule has 8 heteroatoms. The van der Waals surface area contributed by atoms with Crippen molar-refractivity contribution in [2.75, 3.05) is 11.9 Å². The van der Waals surface area contributed by atoms with Crippen LogP contribution in [0.4, 0.5) is 14.5 Å². The van der Waals surface area contributed by atoms with Crippen LogP contribution in [0.2, 0.25) is 5.15 Å². The zero-order chi connectivity index (χ0) is 16.6. The molecule has 2 heterocycles. The molecule has 0 aromatic carbocycles. The number of alkyl halides is 2. The van der Waals surface area contributed by atoms with Crippen molar-refractivity contribution in [3.63, 3.8) is 0 Å². The van der Waals surface area contributed by atoms with Crippen molar-refractivity contribution in [1.29, 1.82) is 0 Å². The minimum atomic E-state index is -2.64. The van der Waals surface area contributed by atoms with Crippen LogP contribution in [0.15, 0.2) is 24.4 Å². The van der Waals surface area contributed by atoms with E-state index in [4.69, 9.17) is 11.6 Å². The van der Waals surface area contributed by atoms with Crippen LogP contribution < -0.4 is 4.90 Å². The summed E-state index contributed by atoms with van der Waals surface area (Å²) in [6, 6.07) is 4.65. The van der Waals surface area contributed by atoms with E-state index in [2.05, 4.69) is 10.1 Å². The Morgan fingerprint density at radius 3 is 2.78 bits per heavy atom. The van der Waals surface area contributed by atoms with E-state index in [1.54, 1.807) is 19.2 Å². The van der Waals surface area contributed by atoms with Crippen molar-refractivity contribution in [3.8, 4) is 0 Å². The molecule has 0 spiro atoms. The van der Waals surface area contributed by atoms with E-state index in [9.17, 15) is 13.6 Å². The molecule has 0 bridgehead atoms. The monoisotopic (exact) mass is 340 g/mol. The molecular weight excluding hydrogens is 326 g/mol. The number of aromatic nitrogens is 3. The molecule has 0 radical (unpaired) electrons. The molecule has 0 N–H and O–H groups in total. The molecule has 1 saturated carbocycles. The Balaban J connectivity index is 1.78. The summed E-state index contributed by atoms with van der Waals surface area (Å²) in [6.07, 6.45) is 0.733. The minimum Gasteiger partial charge on any atom is -0.312 e. The highest BCUT2D eigenvalue weighted by molar-refractivity contribution is 6.29. The van der Waals surface area contributed by atoms with Gasteiger partial charge >= 0.3 is 0 Å². The van der Waals surface area contributed by atoms with E-state index in [0.717, 1.165) is 12.8 Å². The van der Waals surface area contributed by atoms with Crippen LogP contribution in [0.25, 0.3) is 0 Å². The predicted molar refractivity (Wildman–Crippen MR) is 81.8 cm³/mol. The largest absolute Gasteiger partial charge is 0.312 e. The fraction of sp³-hybridized carbons (Fsp3) is 0.400. The highest BCUT2D eigenvalue weighted by Gasteiger charge is 2.30. The number of likely N-dealkylation sites (N-methyl/N-ethyl adjacent to an activating group) is 1. The number of anilines is 1. The van der Waals surface area contributed by atoms with Crippen LogP contribution in [0.5, 0.6) is 0 Å². The Hall–Kier alpha value is -2.02. The molecule has 5 nitrogen and oxygen atoms in total. The summed E-state index contributed by atoms with van der Waals surface area (Å²) >= 11 is 5.72. The summed E-state index contributed by atoms with van der Waals surface area (Å²) in [5.41, 5.74) is 1.00. The van der Waals surface area contributed by atoms with Gasteiger partial charge in [-0.2, -0.15) is 5.10 Å². The van der Waals surface area contributed by atoms with Crippen molar-refractivity contribution in [2.45, 2.75) is 31.7 Å². The maximum absolute atomic E-state index is 12.9. The van der Waals surface area contributed by atoms with Gasteiger partial charge in [0.05, 0.1) is 11.9 Å². The summed E-state index contributed by atoms with van der Waals surface area (Å²) in [5.74, 6) is -0.0368. The lowest BCUT2D eigenvalue weighted by molar-refractivity contribution is -0.119. The van der Waals surface area contributed by atoms with Gasteiger partial charge in [0.15, 0.2) is 0 Å². The lowest BCUT2D eigenvalue weighted by Crippen LogP contribution is -2.31. The zero-order valence-electron chi connectivity index (χ0n) is 12.4. The molecule has 1 aliphatic carbocycles. The maximum atomic E-state index is 12.9. The summed E-state index contributed by atoms with van der Waals surface area (Å²) in [7, 11) is 1.60. The van der Waals surface area contributed by atoms with E-state index in [0.29, 0.717) is 16.5 Å². The number of pyridine rings is 1. The van der Waals surface area contributed by atoms with E-state index in [1.165, 1.54) is 21.8 Å². The Morgan fingerprint density at radius 2 is 2.22 bits per heavy atom. The van der Waals surface area contributed by atoms with Crippen LogP contribution in [0.3, 0.4) is 0 Å². The normalized spacial score (nSPS) is 14.3. The Kier molecular flexibility index (Phi) is 4.30. The van der Waals surface area contributed by atoms with Gasteiger partial charge in [-0.05, 0) is 31.0 Å². The van der Waals surface area contributed by atoms with Gasteiger partial charge in [0.2, 0.25) is 5.91 Å². The number of amides is 1. The highest BCUT2D eigenvalue weighted by atomic mass is 35.5. The van der Waals surface area contributed by atoms with Gasteiger partial charge in [-0.1, -0.05) is 11.6 Å². The molecule has 2 aromatic rings. The second-order valence-electron chi connectivity index (χ2n) is 5.52. The molecule has 0 unspecified atom stereocenters. The van der Waals surface area contributed by atoms with Gasteiger partial charge in [-0.15, -0.1) is 0 Å². The van der Waals surface area contributed by atoms with Crippen LogP contribution in [-0.4, -0.2) is 27.7 Å². The maximum Gasteiger partial charge on any atom is 0.282 e. The summed E-state index contributed by atoms with van der Waals surface area (Å²) < 4.78 is 27.1. The minimum absolute atomic E-state index is 0.0856. The van der Waals surface area contributed by atoms with E-state index < -0.39 is 6.43 Å². The number of hydrogen-bond acceptors (Lipinski definition) is 3. The van der Waals surface area contributed by atoms with E-state index in [-0.39, 0.29) is 24.1 Å². The SMILES string of the molecule is CN(C(=O)Cn1nc(C(F)F)cc1C1CC1)c1ccc(Cl)nc1. The third-order valence-corrected chi connectivity index (χ3v) is 4.03. The third kappa shape index (κ3) is 3.50. The Morgan fingerprint density at radius 1 is 1.48 bits per heavy atom. The molecule has 1 fully saturated rings. The number of halogens is 3. The molecule has 0 saturated heterocycles. The molecule has 2 aromatic heterocycles. The zero-order valence-corrected chi connectivity index (χ0v) is 13.2. The molecule has 1 aliphatic rings. The van der Waals surface area contributed by atoms with E-state index >= 15 is 0 Å². The van der Waals surface area contributed by atoms with Gasteiger partial charge < -0.3 is 4.90 Å². The van der Waals surface area contributed by atoms with Crippen LogP contribution in [0.1, 0.15) is 36.6 Å². The fourth-order valence-electron chi connectivity index (χ4n) is 2.34. The molecule has 1 amide bonds. The predicted octanol–water partition coefficient (Wildman–Crippen LogP) is 3.41. The molecule has 23 heavy (non-hydrogen) atoms. The summed E-state index contributed by atoms with van der Waals surface area (Å²) in [5, 5.41) is 4.22. The average molecular weight is 341 g/mol. The summed E-state index contributed by atoms with van der Waals surface area (Å²) in [4.78, 5) is 17.7. The highest BCUT2D eigenvalue weighted by Crippen LogP contribution is 2.41. The number of nitrogens with zero attached hydrogens (tertiary/aromatic N) is 4. The van der Waals surface area contributed by atoms with Gasteiger partial charge in [-0.25, -0.2) is 13.8 Å². The average Bonchev–Trinajstić information content (AvgIpc) is 3.28. The van der Waals surface area contributed by atoms with Crippen molar-refractivity contribution in [2.24, 2.45) is 0 Å². The van der Waals surface area contributed by atoms with Crippen molar-refractivity contribution in [3.05, 3.63) is 40.9 Å². The Bertz CT molecular complexity index is 713. The first-order chi connectivity index (χ1) is 11.0. The first kappa shape index (κ1) is 15.9. The number of carbonyl (C=O) groups excluding carboxylic acids is 1. The van der Waals surface area contributed by atoms with Gasteiger partial charge in [-0.3, -0.25) is 9.48 Å². The number of hydrogen-bond donors (Lipinski definition) is 0. The van der Waals surface area contributed by atoms with Crippen molar-refractivity contribution < 1.29 is 13.6 Å². The second kappa shape index (κ2) is 6.23. The lowest BCUT2D eigenvalue weighted by Gasteiger charge is -2.17. The van der Waals surface area contributed by atoms with Gasteiger partial charge in [0.1, 0.15) is 17.4 Å². The first-order valence-electron chi connectivity index (χ1n) is 7.19. The Labute approximate surface area is 136 Å². The van der Waals surface area contributed by atoms with Crippen LogP contribution in [0, 0.1) is 0 Å². The lowest BCUT2D eigenvalue weighted by atomic mass is 10.2. The third-order valence-electron chi connectivity index (χ3n) is 3.81. The van der Waals surface area contributed by atoms with Gasteiger partial charge in [0, 0.05) is 18.7 Å². The number of rotatable bonds is 5. The smallest absolute Gasteiger partial charge is 0.282 e. The number of carbonyl (C=O) groups is 1. The second-order valence-corrected chi connectivity index (χ2v) is 5.91. The molecule has 0 aliphatic heterocycles. The molecular formula is C15H15ClF2N4O. The van der Waals surface area contributed by atoms with Gasteiger partial charge in [0.25, 0.3) is 6.43 Å². The topological polar surface area (TPSA) is 51.0 Å². The summed E-state index contributed by atoms with van der Waals surface area (Å²) in [6.45, 7) is -0.0856. The molecule has 0 atom stereocenters. The van der Waals surface area contributed by atoms with Crippen molar-refractivity contribution >= 4 is 23.2 Å². The van der Waals surface area contributed by atoms with Crippen LogP contribution in [-0.2, 0) is 11.3 Å². The van der Waals surface area contributed by atoms with Crippen LogP contribution >= 0.6 is 11.6 Å². The van der Waals surface area contributed by atoms with Crippen molar-refractivity contribution in [1.82, 2.24) is 14.8 Å². The first-order valence-corrected chi connectivity index (χ1v) is 7.57. The molecule has 122 valence electrons. The fourth-order valence-corrected chi connectivity index (χ4v) is 2.45. The molecule has 3 rings (SSSR count). The van der Waals surface area contributed by atoms with E-state index in [1.807, 2.05) is 0 Å².